The molecule has 3 nitrogen and oxygen atoms in total. The van der Waals surface area contributed by atoms with Gasteiger partial charge >= 0.3 is 0 Å². The molecule has 0 saturated carbocycles. The monoisotopic (exact) mass is 219 g/mol. The first-order valence-electron chi connectivity index (χ1n) is 6.29. The molecule has 16 heavy (non-hydrogen) atoms. The highest BCUT2D eigenvalue weighted by atomic mass is 15.1. The SMILES string of the molecule is CCCCCCCCCn1ccnc1C#N. The smallest absolute Gasteiger partial charge is 0.212 e. The zero-order valence-corrected chi connectivity index (χ0v) is 10.2. The second-order valence-corrected chi connectivity index (χ2v) is 4.18. The van der Waals surface area contributed by atoms with Crippen molar-refractivity contribution in [3.8, 4) is 6.07 Å². The molecule has 0 fully saturated rings. The molecule has 0 spiro atoms. The van der Waals surface area contributed by atoms with Crippen molar-refractivity contribution in [2.75, 3.05) is 0 Å². The molecule has 0 aliphatic rings. The maximum absolute atomic E-state index is 8.77. The van der Waals surface area contributed by atoms with Crippen molar-refractivity contribution in [1.29, 1.82) is 5.26 Å². The van der Waals surface area contributed by atoms with Crippen LogP contribution in [0.5, 0.6) is 0 Å². The highest BCUT2D eigenvalue weighted by molar-refractivity contribution is 5.10. The molecule has 1 aromatic heterocycles. The molecular weight excluding hydrogens is 198 g/mol. The van der Waals surface area contributed by atoms with E-state index in [-0.39, 0.29) is 0 Å². The van der Waals surface area contributed by atoms with E-state index in [0.29, 0.717) is 5.82 Å². The van der Waals surface area contributed by atoms with Crippen molar-refractivity contribution < 1.29 is 0 Å². The highest BCUT2D eigenvalue weighted by Crippen LogP contribution is 2.08. The summed E-state index contributed by atoms with van der Waals surface area (Å²) in [4.78, 5) is 3.98. The Morgan fingerprint density at radius 3 is 2.56 bits per heavy atom. The van der Waals surface area contributed by atoms with Crippen molar-refractivity contribution in [3.63, 3.8) is 0 Å². The van der Waals surface area contributed by atoms with Crippen LogP contribution in [0.3, 0.4) is 0 Å². The second-order valence-electron chi connectivity index (χ2n) is 4.18. The summed E-state index contributed by atoms with van der Waals surface area (Å²) in [5, 5.41) is 8.77. The number of hydrogen-bond acceptors (Lipinski definition) is 2. The summed E-state index contributed by atoms with van der Waals surface area (Å²) in [6, 6.07) is 2.10. The molecule has 88 valence electrons. The summed E-state index contributed by atoms with van der Waals surface area (Å²) in [5.74, 6) is 0.533. The Morgan fingerprint density at radius 2 is 1.88 bits per heavy atom. The standard InChI is InChI=1S/C13H21N3/c1-2-3-4-5-6-7-8-10-16-11-9-15-13(16)12-14/h9,11H,2-8,10H2,1H3. The Hall–Kier alpha value is -1.30. The van der Waals surface area contributed by atoms with Gasteiger partial charge in [-0.3, -0.25) is 0 Å². The van der Waals surface area contributed by atoms with Gasteiger partial charge in [0.05, 0.1) is 0 Å². The Bertz CT molecular complexity index is 322. The van der Waals surface area contributed by atoms with E-state index in [9.17, 15) is 0 Å². The third-order valence-electron chi connectivity index (χ3n) is 2.82. The summed E-state index contributed by atoms with van der Waals surface area (Å²) in [6.45, 7) is 3.17. The van der Waals surface area contributed by atoms with E-state index < -0.39 is 0 Å². The number of nitrogens with zero attached hydrogens (tertiary/aromatic N) is 3. The van der Waals surface area contributed by atoms with Gasteiger partial charge < -0.3 is 4.57 Å². The van der Waals surface area contributed by atoms with Crippen LogP contribution in [0.2, 0.25) is 0 Å². The first-order valence-corrected chi connectivity index (χ1v) is 6.29. The van der Waals surface area contributed by atoms with E-state index in [0.717, 1.165) is 13.0 Å². The molecule has 1 heterocycles. The quantitative estimate of drug-likeness (QED) is 0.628. The lowest BCUT2D eigenvalue weighted by atomic mass is 10.1. The van der Waals surface area contributed by atoms with Crippen LogP contribution < -0.4 is 0 Å². The van der Waals surface area contributed by atoms with Gasteiger partial charge in [-0.1, -0.05) is 45.4 Å². The molecule has 3 heteroatoms. The number of rotatable bonds is 8. The van der Waals surface area contributed by atoms with Crippen LogP contribution in [-0.4, -0.2) is 9.55 Å². The molecule has 0 radical (unpaired) electrons. The zero-order valence-electron chi connectivity index (χ0n) is 10.2. The molecule has 0 aromatic carbocycles. The molecule has 0 aliphatic heterocycles. The molecular formula is C13H21N3. The molecule has 0 N–H and O–H groups in total. The van der Waals surface area contributed by atoms with E-state index in [1.54, 1.807) is 6.20 Å². The number of hydrogen-bond donors (Lipinski definition) is 0. The van der Waals surface area contributed by atoms with Gasteiger partial charge in [-0.2, -0.15) is 5.26 Å². The summed E-state index contributed by atoms with van der Waals surface area (Å²) in [6.07, 6.45) is 12.7. The fraction of sp³-hybridized carbons (Fsp3) is 0.692. The number of aryl methyl sites for hydroxylation is 1. The van der Waals surface area contributed by atoms with Crippen LogP contribution in [0.25, 0.3) is 0 Å². The van der Waals surface area contributed by atoms with E-state index in [1.165, 1.54) is 38.5 Å². The van der Waals surface area contributed by atoms with Crippen LogP contribution in [0.4, 0.5) is 0 Å². The van der Waals surface area contributed by atoms with Gasteiger partial charge in [0.25, 0.3) is 0 Å². The Morgan fingerprint density at radius 1 is 1.19 bits per heavy atom. The van der Waals surface area contributed by atoms with Crippen molar-refractivity contribution in [2.24, 2.45) is 0 Å². The molecule has 0 saturated heterocycles. The summed E-state index contributed by atoms with van der Waals surface area (Å²) < 4.78 is 1.94. The number of aromatic nitrogens is 2. The Labute approximate surface area is 98.1 Å². The van der Waals surface area contributed by atoms with Crippen LogP contribution in [-0.2, 0) is 6.54 Å². The van der Waals surface area contributed by atoms with Crippen LogP contribution >= 0.6 is 0 Å². The number of imidazole rings is 1. The normalized spacial score (nSPS) is 10.2. The molecule has 0 unspecified atom stereocenters. The number of nitriles is 1. The van der Waals surface area contributed by atoms with Crippen molar-refractivity contribution in [3.05, 3.63) is 18.2 Å². The molecule has 1 rings (SSSR count). The summed E-state index contributed by atoms with van der Waals surface area (Å²) >= 11 is 0. The van der Waals surface area contributed by atoms with E-state index in [1.807, 2.05) is 10.8 Å². The van der Waals surface area contributed by atoms with Gasteiger partial charge in [0, 0.05) is 18.9 Å². The fourth-order valence-electron chi connectivity index (χ4n) is 1.84. The third kappa shape index (κ3) is 4.48. The highest BCUT2D eigenvalue weighted by Gasteiger charge is 1.99. The van der Waals surface area contributed by atoms with Gasteiger partial charge in [0.2, 0.25) is 5.82 Å². The van der Waals surface area contributed by atoms with Gasteiger partial charge in [-0.15, -0.1) is 0 Å². The van der Waals surface area contributed by atoms with E-state index in [2.05, 4.69) is 18.0 Å². The van der Waals surface area contributed by atoms with Crippen LogP contribution in [0.15, 0.2) is 12.4 Å². The summed E-state index contributed by atoms with van der Waals surface area (Å²) in [7, 11) is 0. The lowest BCUT2D eigenvalue weighted by molar-refractivity contribution is 0.547. The topological polar surface area (TPSA) is 41.6 Å². The zero-order chi connectivity index (χ0) is 11.6. The van der Waals surface area contributed by atoms with Gasteiger partial charge in [0.15, 0.2) is 0 Å². The first kappa shape index (κ1) is 12.8. The minimum absolute atomic E-state index is 0.533. The van der Waals surface area contributed by atoms with Crippen molar-refractivity contribution in [2.45, 2.75) is 58.4 Å². The maximum Gasteiger partial charge on any atom is 0.212 e. The molecule has 0 atom stereocenters. The number of unbranched alkanes of at least 4 members (excludes halogenated alkanes) is 6. The van der Waals surface area contributed by atoms with Crippen molar-refractivity contribution >= 4 is 0 Å². The lowest BCUT2D eigenvalue weighted by Gasteiger charge is -2.03. The van der Waals surface area contributed by atoms with E-state index in [4.69, 9.17) is 5.26 Å². The fourth-order valence-corrected chi connectivity index (χ4v) is 1.84. The lowest BCUT2D eigenvalue weighted by Crippen LogP contribution is -1.99. The minimum Gasteiger partial charge on any atom is -0.323 e. The predicted octanol–water partition coefficient (Wildman–Crippen LogP) is 3.51. The second kappa shape index (κ2) is 7.92. The minimum atomic E-state index is 0.533. The maximum atomic E-state index is 8.77. The Balaban J connectivity index is 2.05. The molecule has 1 aromatic rings. The van der Waals surface area contributed by atoms with Crippen LogP contribution in [0.1, 0.15) is 57.7 Å². The van der Waals surface area contributed by atoms with Crippen LogP contribution in [0, 0.1) is 11.3 Å². The first-order chi connectivity index (χ1) is 7.88. The molecule has 0 amide bonds. The van der Waals surface area contributed by atoms with Crippen molar-refractivity contribution in [1.82, 2.24) is 9.55 Å². The predicted molar refractivity (Wildman–Crippen MR) is 64.9 cm³/mol. The van der Waals surface area contributed by atoms with Gasteiger partial charge in [-0.05, 0) is 6.42 Å². The van der Waals surface area contributed by atoms with Gasteiger partial charge in [-0.25, -0.2) is 4.98 Å². The average Bonchev–Trinajstić information content (AvgIpc) is 2.75. The largest absolute Gasteiger partial charge is 0.323 e. The third-order valence-corrected chi connectivity index (χ3v) is 2.82. The Kier molecular flexibility index (Phi) is 6.32. The van der Waals surface area contributed by atoms with Gasteiger partial charge in [0.1, 0.15) is 6.07 Å². The molecule has 0 bridgehead atoms. The van der Waals surface area contributed by atoms with E-state index >= 15 is 0 Å². The average molecular weight is 219 g/mol. The summed E-state index contributed by atoms with van der Waals surface area (Å²) in [5.41, 5.74) is 0. The molecule has 0 aliphatic carbocycles.